The SMILES string of the molecule is C[C@H](CC/C=C/C(=O)O)O[C@@H]1OC2O[C@@H]2C[C@@H]1O. The van der Waals surface area contributed by atoms with Gasteiger partial charge in [0.1, 0.15) is 12.2 Å². The van der Waals surface area contributed by atoms with Crippen molar-refractivity contribution in [3.05, 3.63) is 12.2 Å². The maximum Gasteiger partial charge on any atom is 0.327 e. The normalized spacial score (nSPS) is 36.3. The van der Waals surface area contributed by atoms with Crippen LogP contribution in [0.1, 0.15) is 26.2 Å². The van der Waals surface area contributed by atoms with E-state index in [0.29, 0.717) is 19.3 Å². The molecule has 102 valence electrons. The fraction of sp³-hybridized carbons (Fsp3) is 0.750. The van der Waals surface area contributed by atoms with E-state index in [1.165, 1.54) is 0 Å². The molecule has 2 saturated heterocycles. The van der Waals surface area contributed by atoms with E-state index in [-0.39, 0.29) is 18.5 Å². The molecule has 0 spiro atoms. The summed E-state index contributed by atoms with van der Waals surface area (Å²) in [4.78, 5) is 10.3. The number of carboxylic acids is 1. The van der Waals surface area contributed by atoms with Crippen molar-refractivity contribution in [1.29, 1.82) is 0 Å². The molecule has 2 aliphatic rings. The number of aliphatic carboxylic acids is 1. The lowest BCUT2D eigenvalue weighted by molar-refractivity contribution is -0.238. The Morgan fingerprint density at radius 3 is 3.06 bits per heavy atom. The summed E-state index contributed by atoms with van der Waals surface area (Å²) >= 11 is 0. The van der Waals surface area contributed by atoms with E-state index in [1.54, 1.807) is 6.08 Å². The standard InChI is InChI=1S/C12H18O6/c1-7(4-2-3-5-10(14)15)16-11-8(13)6-9-12(17-9)18-11/h3,5,7-9,11-13H,2,4,6H2,1H3,(H,14,15)/b5-3+/t7-,8+,9-,11-,12?/m1/s1. The minimum atomic E-state index is -0.952. The van der Waals surface area contributed by atoms with Gasteiger partial charge in [0.05, 0.1) is 6.10 Å². The van der Waals surface area contributed by atoms with Gasteiger partial charge < -0.3 is 24.4 Å². The molecular weight excluding hydrogens is 240 g/mol. The number of hydrogen-bond donors (Lipinski definition) is 2. The van der Waals surface area contributed by atoms with Crippen molar-refractivity contribution in [1.82, 2.24) is 0 Å². The van der Waals surface area contributed by atoms with Crippen LogP contribution in [0.2, 0.25) is 0 Å². The number of aliphatic hydroxyl groups is 1. The third-order valence-electron chi connectivity index (χ3n) is 2.96. The second kappa shape index (κ2) is 5.79. The fourth-order valence-electron chi connectivity index (χ4n) is 1.92. The van der Waals surface area contributed by atoms with Crippen molar-refractivity contribution >= 4 is 5.97 Å². The molecule has 1 unspecified atom stereocenters. The minimum absolute atomic E-state index is 0.0219. The van der Waals surface area contributed by atoms with E-state index in [4.69, 9.17) is 19.3 Å². The van der Waals surface area contributed by atoms with Crippen LogP contribution in [-0.4, -0.2) is 47.1 Å². The highest BCUT2D eigenvalue weighted by atomic mass is 16.8. The third-order valence-corrected chi connectivity index (χ3v) is 2.96. The first kappa shape index (κ1) is 13.5. The molecule has 0 saturated carbocycles. The number of allylic oxidation sites excluding steroid dienone is 1. The number of aliphatic hydroxyl groups excluding tert-OH is 1. The van der Waals surface area contributed by atoms with Gasteiger partial charge in [0, 0.05) is 12.5 Å². The highest BCUT2D eigenvalue weighted by Crippen LogP contribution is 2.36. The van der Waals surface area contributed by atoms with Gasteiger partial charge in [0.15, 0.2) is 12.6 Å². The zero-order chi connectivity index (χ0) is 13.1. The molecule has 2 rings (SSSR count). The smallest absolute Gasteiger partial charge is 0.327 e. The van der Waals surface area contributed by atoms with Gasteiger partial charge in [-0.2, -0.15) is 0 Å². The van der Waals surface area contributed by atoms with E-state index >= 15 is 0 Å². The Morgan fingerprint density at radius 2 is 2.33 bits per heavy atom. The van der Waals surface area contributed by atoms with Crippen molar-refractivity contribution in [2.45, 2.75) is 57.1 Å². The number of hydrogen-bond acceptors (Lipinski definition) is 5. The van der Waals surface area contributed by atoms with Gasteiger partial charge >= 0.3 is 5.97 Å². The van der Waals surface area contributed by atoms with Crippen LogP contribution >= 0.6 is 0 Å². The molecule has 6 heteroatoms. The number of carbonyl (C=O) groups is 1. The summed E-state index contributed by atoms with van der Waals surface area (Å²) in [6.07, 6.45) is 2.90. The van der Waals surface area contributed by atoms with Crippen LogP contribution in [0, 0.1) is 0 Å². The van der Waals surface area contributed by atoms with Crippen LogP contribution in [0.5, 0.6) is 0 Å². The summed E-state index contributed by atoms with van der Waals surface area (Å²) in [5.74, 6) is -0.952. The average molecular weight is 258 g/mol. The van der Waals surface area contributed by atoms with Gasteiger partial charge in [-0.15, -0.1) is 0 Å². The maximum atomic E-state index is 10.3. The van der Waals surface area contributed by atoms with Crippen molar-refractivity contribution in [3.8, 4) is 0 Å². The van der Waals surface area contributed by atoms with Crippen LogP contribution in [-0.2, 0) is 19.0 Å². The summed E-state index contributed by atoms with van der Waals surface area (Å²) < 4.78 is 16.1. The third kappa shape index (κ3) is 3.78. The molecule has 0 aliphatic carbocycles. The Kier molecular flexibility index (Phi) is 4.34. The second-order valence-electron chi connectivity index (χ2n) is 4.62. The molecule has 0 aromatic carbocycles. The molecule has 18 heavy (non-hydrogen) atoms. The molecular formula is C12H18O6. The molecule has 0 bridgehead atoms. The monoisotopic (exact) mass is 258 g/mol. The molecule has 0 aromatic heterocycles. The van der Waals surface area contributed by atoms with E-state index < -0.39 is 18.4 Å². The number of carboxylic acid groups (broad SMARTS) is 1. The maximum absolute atomic E-state index is 10.3. The van der Waals surface area contributed by atoms with Crippen LogP contribution in [0.25, 0.3) is 0 Å². The second-order valence-corrected chi connectivity index (χ2v) is 4.62. The lowest BCUT2D eigenvalue weighted by atomic mass is 10.1. The van der Waals surface area contributed by atoms with E-state index in [2.05, 4.69) is 0 Å². The Morgan fingerprint density at radius 1 is 1.56 bits per heavy atom. The summed E-state index contributed by atoms with van der Waals surface area (Å²) in [7, 11) is 0. The fourth-order valence-corrected chi connectivity index (χ4v) is 1.92. The van der Waals surface area contributed by atoms with Crippen LogP contribution in [0.15, 0.2) is 12.2 Å². The topological polar surface area (TPSA) is 88.5 Å². The number of rotatable bonds is 6. The Hall–Kier alpha value is -0.950. The van der Waals surface area contributed by atoms with Crippen molar-refractivity contribution in [3.63, 3.8) is 0 Å². The zero-order valence-electron chi connectivity index (χ0n) is 10.2. The van der Waals surface area contributed by atoms with Crippen molar-refractivity contribution in [2.24, 2.45) is 0 Å². The van der Waals surface area contributed by atoms with Crippen LogP contribution < -0.4 is 0 Å². The van der Waals surface area contributed by atoms with Gasteiger partial charge in [-0.25, -0.2) is 4.79 Å². The highest BCUT2D eigenvalue weighted by Gasteiger charge is 2.50. The predicted octanol–water partition coefficient (Wildman–Crippen LogP) is 0.645. The predicted molar refractivity (Wildman–Crippen MR) is 60.7 cm³/mol. The van der Waals surface area contributed by atoms with Gasteiger partial charge in [-0.05, 0) is 19.8 Å². The summed E-state index contributed by atoms with van der Waals surface area (Å²) in [6.45, 7) is 1.87. The molecule has 0 aromatic rings. The molecule has 2 N–H and O–H groups in total. The minimum Gasteiger partial charge on any atom is -0.478 e. The van der Waals surface area contributed by atoms with Crippen molar-refractivity contribution in [2.75, 3.05) is 0 Å². The molecule has 2 heterocycles. The van der Waals surface area contributed by atoms with Gasteiger partial charge in [0.25, 0.3) is 0 Å². The highest BCUT2D eigenvalue weighted by molar-refractivity contribution is 5.79. The summed E-state index contributed by atoms with van der Waals surface area (Å²) in [5.41, 5.74) is 0. The molecule has 6 nitrogen and oxygen atoms in total. The van der Waals surface area contributed by atoms with Crippen molar-refractivity contribution < 1.29 is 29.2 Å². The van der Waals surface area contributed by atoms with Crippen LogP contribution in [0.3, 0.4) is 0 Å². The molecule has 2 fully saturated rings. The van der Waals surface area contributed by atoms with Gasteiger partial charge in [0.2, 0.25) is 0 Å². The Labute approximate surface area is 105 Å². The van der Waals surface area contributed by atoms with Gasteiger partial charge in [-0.3, -0.25) is 0 Å². The first-order valence-electron chi connectivity index (χ1n) is 6.10. The largest absolute Gasteiger partial charge is 0.478 e. The number of ether oxygens (including phenoxy) is 3. The van der Waals surface area contributed by atoms with E-state index in [9.17, 15) is 9.90 Å². The molecule has 5 atom stereocenters. The van der Waals surface area contributed by atoms with E-state index in [0.717, 1.165) is 6.08 Å². The van der Waals surface area contributed by atoms with E-state index in [1.807, 2.05) is 6.92 Å². The molecule has 2 aliphatic heterocycles. The lowest BCUT2D eigenvalue weighted by Crippen LogP contribution is -2.40. The van der Waals surface area contributed by atoms with Gasteiger partial charge in [-0.1, -0.05) is 6.08 Å². The lowest BCUT2D eigenvalue weighted by Gasteiger charge is -2.28. The Balaban J connectivity index is 1.66. The molecule has 0 amide bonds. The Bertz CT molecular complexity index is 329. The first-order chi connectivity index (χ1) is 8.56. The first-order valence-corrected chi connectivity index (χ1v) is 6.10. The zero-order valence-corrected chi connectivity index (χ0v) is 10.2. The summed E-state index contributed by atoms with van der Waals surface area (Å²) in [6, 6.07) is 0. The van der Waals surface area contributed by atoms with Crippen LogP contribution in [0.4, 0.5) is 0 Å². The number of fused-ring (bicyclic) bond motifs is 1. The molecule has 0 radical (unpaired) electrons. The average Bonchev–Trinajstić information content (AvgIpc) is 3.02. The number of epoxide rings is 1. The quantitative estimate of drug-likeness (QED) is 0.537. The summed E-state index contributed by atoms with van der Waals surface area (Å²) in [5, 5.41) is 18.2.